The van der Waals surface area contributed by atoms with Crippen molar-refractivity contribution < 1.29 is 4.79 Å². The van der Waals surface area contributed by atoms with Crippen LogP contribution in [0.2, 0.25) is 0 Å². The first-order chi connectivity index (χ1) is 13.3. The van der Waals surface area contributed by atoms with Crippen LogP contribution >= 0.6 is 0 Å². The van der Waals surface area contributed by atoms with Gasteiger partial charge in [0.25, 0.3) is 0 Å². The van der Waals surface area contributed by atoms with Gasteiger partial charge in [-0.25, -0.2) is 4.79 Å². The van der Waals surface area contributed by atoms with E-state index in [4.69, 9.17) is 0 Å². The molecule has 0 saturated heterocycles. The van der Waals surface area contributed by atoms with Crippen LogP contribution < -0.4 is 10.6 Å². The monoisotopic (exact) mass is 357 g/mol. The molecule has 1 aliphatic rings. The normalized spacial score (nSPS) is 15.6. The summed E-state index contributed by atoms with van der Waals surface area (Å²) in [4.78, 5) is 17.3. The molecule has 4 nitrogen and oxygen atoms in total. The highest BCUT2D eigenvalue weighted by Gasteiger charge is 2.33. The lowest BCUT2D eigenvalue weighted by molar-refractivity contribution is 0.233. The van der Waals surface area contributed by atoms with Crippen LogP contribution in [-0.4, -0.2) is 11.0 Å². The molecular weight excluding hydrogens is 334 g/mol. The lowest BCUT2D eigenvalue weighted by atomic mass is 10.0. The fraction of sp³-hybridized carbons (Fsp3) is 0.217. The third-order valence-corrected chi connectivity index (χ3v) is 4.93. The molecule has 1 saturated carbocycles. The maximum absolute atomic E-state index is 12.9. The fourth-order valence-electron chi connectivity index (χ4n) is 3.40. The predicted molar refractivity (Wildman–Crippen MR) is 106 cm³/mol. The van der Waals surface area contributed by atoms with Gasteiger partial charge in [0.05, 0.1) is 17.8 Å². The largest absolute Gasteiger partial charge is 0.331 e. The quantitative estimate of drug-likeness (QED) is 0.676. The number of carbonyl (C=O) groups excluding carboxylic acids is 1. The van der Waals surface area contributed by atoms with E-state index in [2.05, 4.69) is 27.8 Å². The minimum atomic E-state index is -0.289. The van der Waals surface area contributed by atoms with E-state index in [9.17, 15) is 4.79 Å². The van der Waals surface area contributed by atoms with Gasteiger partial charge >= 0.3 is 6.03 Å². The van der Waals surface area contributed by atoms with Crippen molar-refractivity contribution in [3.05, 3.63) is 102 Å². The summed E-state index contributed by atoms with van der Waals surface area (Å²) < 4.78 is 0. The molecule has 0 spiro atoms. The number of pyridine rings is 1. The zero-order valence-corrected chi connectivity index (χ0v) is 15.1. The Labute approximate surface area is 159 Å². The van der Waals surface area contributed by atoms with Crippen LogP contribution in [0.4, 0.5) is 4.79 Å². The number of hydrogen-bond donors (Lipinski definition) is 2. The molecule has 0 bridgehead atoms. The minimum Gasteiger partial charge on any atom is -0.331 e. The molecule has 0 radical (unpaired) electrons. The van der Waals surface area contributed by atoms with Gasteiger partial charge in [-0.05, 0) is 42.0 Å². The SMILES string of the molecule is O=C(NC(c1ccccc1)c1ccccn1)NC(c1ccccc1)C1CC1. The topological polar surface area (TPSA) is 54.0 Å². The van der Waals surface area contributed by atoms with E-state index < -0.39 is 0 Å². The summed E-state index contributed by atoms with van der Waals surface area (Å²) in [5.74, 6) is 0.517. The van der Waals surface area contributed by atoms with Crippen molar-refractivity contribution in [1.82, 2.24) is 15.6 Å². The summed E-state index contributed by atoms with van der Waals surface area (Å²) in [5, 5.41) is 6.31. The van der Waals surface area contributed by atoms with Gasteiger partial charge in [-0.15, -0.1) is 0 Å². The number of hydrogen-bond acceptors (Lipinski definition) is 2. The Kier molecular flexibility index (Phi) is 5.15. The smallest absolute Gasteiger partial charge is 0.316 e. The zero-order chi connectivity index (χ0) is 18.5. The number of nitrogens with one attached hydrogen (secondary N) is 2. The molecule has 1 aliphatic carbocycles. The number of aromatic nitrogens is 1. The van der Waals surface area contributed by atoms with E-state index in [1.54, 1.807) is 6.20 Å². The first-order valence-corrected chi connectivity index (χ1v) is 9.39. The molecule has 1 fully saturated rings. The molecule has 136 valence electrons. The fourth-order valence-corrected chi connectivity index (χ4v) is 3.40. The average Bonchev–Trinajstić information content (AvgIpc) is 3.57. The van der Waals surface area contributed by atoms with E-state index in [0.717, 1.165) is 29.7 Å². The van der Waals surface area contributed by atoms with E-state index in [1.165, 1.54) is 0 Å². The Morgan fingerprint density at radius 3 is 2.04 bits per heavy atom. The molecule has 2 N–H and O–H groups in total. The summed E-state index contributed by atoms with van der Waals surface area (Å²) in [6, 6.07) is 25.5. The second kappa shape index (κ2) is 8.04. The molecule has 2 unspecified atom stereocenters. The zero-order valence-electron chi connectivity index (χ0n) is 15.1. The first-order valence-electron chi connectivity index (χ1n) is 9.39. The highest BCUT2D eigenvalue weighted by atomic mass is 16.2. The van der Waals surface area contributed by atoms with Gasteiger partial charge in [-0.3, -0.25) is 4.98 Å². The van der Waals surface area contributed by atoms with E-state index >= 15 is 0 Å². The Morgan fingerprint density at radius 1 is 0.815 bits per heavy atom. The molecule has 4 rings (SSSR count). The summed E-state index contributed by atoms with van der Waals surface area (Å²) in [6.45, 7) is 0. The summed E-state index contributed by atoms with van der Waals surface area (Å²) in [6.07, 6.45) is 4.06. The number of benzene rings is 2. The van der Waals surface area contributed by atoms with Gasteiger partial charge in [0.1, 0.15) is 0 Å². The lowest BCUT2D eigenvalue weighted by Gasteiger charge is -2.23. The molecule has 2 amide bonds. The molecule has 27 heavy (non-hydrogen) atoms. The summed E-state index contributed by atoms with van der Waals surface area (Å²) >= 11 is 0. The van der Waals surface area contributed by atoms with Gasteiger partial charge in [0, 0.05) is 6.20 Å². The van der Waals surface area contributed by atoms with E-state index in [1.807, 2.05) is 66.7 Å². The van der Waals surface area contributed by atoms with Crippen molar-refractivity contribution in [1.29, 1.82) is 0 Å². The Bertz CT molecular complexity index is 824. The maximum atomic E-state index is 12.9. The van der Waals surface area contributed by atoms with Gasteiger partial charge in [-0.2, -0.15) is 0 Å². The molecular formula is C23H23N3O. The average molecular weight is 357 g/mol. The molecule has 1 heterocycles. The van der Waals surface area contributed by atoms with Crippen molar-refractivity contribution in [2.24, 2.45) is 5.92 Å². The number of rotatable bonds is 6. The second-order valence-electron chi connectivity index (χ2n) is 6.94. The summed E-state index contributed by atoms with van der Waals surface area (Å²) in [5.41, 5.74) is 2.99. The highest BCUT2D eigenvalue weighted by Crippen LogP contribution is 2.40. The van der Waals surface area contributed by atoms with Crippen molar-refractivity contribution in [3.8, 4) is 0 Å². The second-order valence-corrected chi connectivity index (χ2v) is 6.94. The molecule has 1 aromatic heterocycles. The predicted octanol–water partition coefficient (Wildman–Crippen LogP) is 4.62. The first kappa shape index (κ1) is 17.3. The van der Waals surface area contributed by atoms with Crippen molar-refractivity contribution in [2.45, 2.75) is 24.9 Å². The number of amides is 2. The Balaban J connectivity index is 1.53. The van der Waals surface area contributed by atoms with Gasteiger partial charge in [0.15, 0.2) is 0 Å². The van der Waals surface area contributed by atoms with Crippen LogP contribution in [0.5, 0.6) is 0 Å². The van der Waals surface area contributed by atoms with Crippen molar-refractivity contribution >= 4 is 6.03 Å². The molecule has 2 aromatic carbocycles. The maximum Gasteiger partial charge on any atom is 0.316 e. The standard InChI is InChI=1S/C23H23N3O/c27-23(25-21(19-14-15-19)17-9-3-1-4-10-17)26-22(18-11-5-2-6-12-18)20-13-7-8-16-24-20/h1-13,16,19,21-22H,14-15H2,(H2,25,26,27). The van der Waals surface area contributed by atoms with Gasteiger partial charge < -0.3 is 10.6 Å². The summed E-state index contributed by atoms with van der Waals surface area (Å²) in [7, 11) is 0. The van der Waals surface area contributed by atoms with Gasteiger partial charge in [0.2, 0.25) is 0 Å². The van der Waals surface area contributed by atoms with Crippen LogP contribution in [-0.2, 0) is 0 Å². The molecule has 0 aliphatic heterocycles. The highest BCUT2D eigenvalue weighted by molar-refractivity contribution is 5.75. The number of urea groups is 1. The van der Waals surface area contributed by atoms with Crippen LogP contribution in [0.1, 0.15) is 41.7 Å². The van der Waals surface area contributed by atoms with Crippen LogP contribution in [0.15, 0.2) is 85.1 Å². The molecule has 2 atom stereocenters. The van der Waals surface area contributed by atoms with Gasteiger partial charge in [-0.1, -0.05) is 66.7 Å². The third-order valence-electron chi connectivity index (χ3n) is 4.93. The van der Waals surface area contributed by atoms with Crippen LogP contribution in [0.25, 0.3) is 0 Å². The lowest BCUT2D eigenvalue weighted by Crippen LogP contribution is -2.41. The van der Waals surface area contributed by atoms with Crippen molar-refractivity contribution in [2.75, 3.05) is 0 Å². The molecule has 4 heteroatoms. The number of nitrogens with zero attached hydrogens (tertiary/aromatic N) is 1. The van der Waals surface area contributed by atoms with Crippen molar-refractivity contribution in [3.63, 3.8) is 0 Å². The minimum absolute atomic E-state index is 0.0476. The van der Waals surface area contributed by atoms with Crippen LogP contribution in [0.3, 0.4) is 0 Å². The van der Waals surface area contributed by atoms with Crippen LogP contribution in [0, 0.1) is 5.92 Å². The molecule has 3 aromatic rings. The third kappa shape index (κ3) is 4.34. The number of carbonyl (C=O) groups is 1. The van der Waals surface area contributed by atoms with E-state index in [-0.39, 0.29) is 18.1 Å². The van der Waals surface area contributed by atoms with E-state index in [0.29, 0.717) is 5.92 Å². The Morgan fingerprint density at radius 2 is 1.44 bits per heavy atom. The Hall–Kier alpha value is -3.14.